The molecule has 1 heterocycles. The lowest BCUT2D eigenvalue weighted by atomic mass is 9.95. The third kappa shape index (κ3) is 2.68. The molecule has 2 nitrogen and oxygen atoms in total. The first-order chi connectivity index (χ1) is 5.59. The molecular formula is C8H16F2N2. The van der Waals surface area contributed by atoms with Crippen LogP contribution in [0, 0.1) is 5.92 Å². The van der Waals surface area contributed by atoms with Gasteiger partial charge in [-0.05, 0) is 20.5 Å². The Labute approximate surface area is 71.9 Å². The van der Waals surface area contributed by atoms with E-state index in [1.54, 1.807) is 0 Å². The summed E-state index contributed by atoms with van der Waals surface area (Å²) in [5.41, 5.74) is 0. The highest BCUT2D eigenvalue weighted by atomic mass is 19.1. The summed E-state index contributed by atoms with van der Waals surface area (Å²) in [4.78, 5) is 1.90. The van der Waals surface area contributed by atoms with E-state index in [1.165, 1.54) is 0 Å². The van der Waals surface area contributed by atoms with Gasteiger partial charge in [0.05, 0.1) is 0 Å². The standard InChI is InChI=1S/C8H16F2N2/c1-12(2)5-6-3-8(10)11-4-7(6)9/h6-8,11H,3-5H2,1-2H3. The topological polar surface area (TPSA) is 15.3 Å². The molecule has 1 fully saturated rings. The first-order valence-electron chi connectivity index (χ1n) is 4.26. The van der Waals surface area contributed by atoms with Gasteiger partial charge in [-0.3, -0.25) is 5.32 Å². The van der Waals surface area contributed by atoms with E-state index in [9.17, 15) is 8.78 Å². The predicted octanol–water partition coefficient (Wildman–Crippen LogP) is 0.791. The fourth-order valence-corrected chi connectivity index (χ4v) is 1.56. The first-order valence-corrected chi connectivity index (χ1v) is 4.26. The van der Waals surface area contributed by atoms with Crippen molar-refractivity contribution in [3.8, 4) is 0 Å². The Morgan fingerprint density at radius 2 is 2.08 bits per heavy atom. The molecule has 0 radical (unpaired) electrons. The number of piperidine rings is 1. The minimum absolute atomic E-state index is 0.152. The molecule has 1 rings (SSSR count). The van der Waals surface area contributed by atoms with Gasteiger partial charge in [0, 0.05) is 19.0 Å². The maximum absolute atomic E-state index is 13.1. The van der Waals surface area contributed by atoms with Crippen LogP contribution in [0.4, 0.5) is 8.78 Å². The third-order valence-electron chi connectivity index (χ3n) is 2.16. The molecule has 3 unspecified atom stereocenters. The fourth-order valence-electron chi connectivity index (χ4n) is 1.56. The van der Waals surface area contributed by atoms with Gasteiger partial charge >= 0.3 is 0 Å². The van der Waals surface area contributed by atoms with Crippen molar-refractivity contribution in [3.05, 3.63) is 0 Å². The van der Waals surface area contributed by atoms with E-state index < -0.39 is 12.5 Å². The van der Waals surface area contributed by atoms with Gasteiger partial charge in [-0.25, -0.2) is 8.78 Å². The zero-order valence-electron chi connectivity index (χ0n) is 7.56. The minimum Gasteiger partial charge on any atom is -0.309 e. The Hall–Kier alpha value is -0.220. The molecule has 0 saturated carbocycles. The highest BCUT2D eigenvalue weighted by Crippen LogP contribution is 2.20. The highest BCUT2D eigenvalue weighted by molar-refractivity contribution is 4.81. The molecule has 72 valence electrons. The summed E-state index contributed by atoms with van der Waals surface area (Å²) in [5.74, 6) is -0.156. The quantitative estimate of drug-likeness (QED) is 0.629. The molecule has 1 N–H and O–H groups in total. The van der Waals surface area contributed by atoms with Crippen molar-refractivity contribution in [2.75, 3.05) is 27.2 Å². The molecule has 0 amide bonds. The predicted molar refractivity (Wildman–Crippen MR) is 44.5 cm³/mol. The Balaban J connectivity index is 2.38. The fraction of sp³-hybridized carbons (Fsp3) is 1.00. The normalized spacial score (nSPS) is 37.2. The highest BCUT2D eigenvalue weighted by Gasteiger charge is 2.30. The smallest absolute Gasteiger partial charge is 0.151 e. The van der Waals surface area contributed by atoms with E-state index in [1.807, 2.05) is 19.0 Å². The van der Waals surface area contributed by atoms with E-state index >= 15 is 0 Å². The summed E-state index contributed by atoms with van der Waals surface area (Å²) in [6.45, 7) is 0.781. The Kier molecular flexibility index (Phi) is 3.40. The molecule has 4 heteroatoms. The number of alkyl halides is 2. The number of rotatable bonds is 2. The molecule has 0 aliphatic carbocycles. The summed E-state index contributed by atoms with van der Waals surface area (Å²) < 4.78 is 25.9. The van der Waals surface area contributed by atoms with Gasteiger partial charge in [-0.2, -0.15) is 0 Å². The average Bonchev–Trinajstić information content (AvgIpc) is 1.96. The van der Waals surface area contributed by atoms with Crippen molar-refractivity contribution in [1.29, 1.82) is 0 Å². The molecule has 0 aromatic heterocycles. The number of nitrogens with zero attached hydrogens (tertiary/aromatic N) is 1. The van der Waals surface area contributed by atoms with E-state index in [2.05, 4.69) is 5.32 Å². The van der Waals surface area contributed by atoms with Crippen LogP contribution in [-0.4, -0.2) is 44.6 Å². The van der Waals surface area contributed by atoms with Crippen LogP contribution >= 0.6 is 0 Å². The van der Waals surface area contributed by atoms with Gasteiger partial charge in [0.25, 0.3) is 0 Å². The molecule has 1 aliphatic heterocycles. The molecule has 3 atom stereocenters. The van der Waals surface area contributed by atoms with E-state index in [0.717, 1.165) is 0 Å². The van der Waals surface area contributed by atoms with Crippen LogP contribution in [-0.2, 0) is 0 Å². The first kappa shape index (κ1) is 9.86. The summed E-state index contributed by atoms with van der Waals surface area (Å²) in [6, 6.07) is 0. The van der Waals surface area contributed by atoms with Gasteiger partial charge in [-0.1, -0.05) is 0 Å². The molecule has 1 aliphatic rings. The molecule has 0 aromatic carbocycles. The summed E-state index contributed by atoms with van der Waals surface area (Å²) in [7, 11) is 3.75. The summed E-state index contributed by atoms with van der Waals surface area (Å²) >= 11 is 0. The van der Waals surface area contributed by atoms with Crippen LogP contribution in [0.25, 0.3) is 0 Å². The Morgan fingerprint density at radius 1 is 1.42 bits per heavy atom. The molecule has 0 bridgehead atoms. The molecular weight excluding hydrogens is 162 g/mol. The van der Waals surface area contributed by atoms with Gasteiger partial charge in [0.1, 0.15) is 6.17 Å². The number of hydrogen-bond acceptors (Lipinski definition) is 2. The Morgan fingerprint density at radius 3 is 2.67 bits per heavy atom. The van der Waals surface area contributed by atoms with Crippen LogP contribution in [0.3, 0.4) is 0 Å². The second-order valence-electron chi connectivity index (χ2n) is 3.65. The van der Waals surface area contributed by atoms with Gasteiger partial charge in [0.15, 0.2) is 6.30 Å². The van der Waals surface area contributed by atoms with Crippen molar-refractivity contribution >= 4 is 0 Å². The maximum Gasteiger partial charge on any atom is 0.151 e. The van der Waals surface area contributed by atoms with Crippen LogP contribution in [0.1, 0.15) is 6.42 Å². The van der Waals surface area contributed by atoms with Crippen molar-refractivity contribution in [2.45, 2.75) is 18.9 Å². The van der Waals surface area contributed by atoms with Gasteiger partial charge in [-0.15, -0.1) is 0 Å². The number of nitrogens with one attached hydrogen (secondary N) is 1. The summed E-state index contributed by atoms with van der Waals surface area (Å²) in [5, 5.41) is 2.47. The van der Waals surface area contributed by atoms with Crippen LogP contribution < -0.4 is 5.32 Å². The minimum atomic E-state index is -1.03. The lowest BCUT2D eigenvalue weighted by molar-refractivity contribution is 0.0793. The second-order valence-corrected chi connectivity index (χ2v) is 3.65. The molecule has 12 heavy (non-hydrogen) atoms. The van der Waals surface area contributed by atoms with Crippen LogP contribution in [0.15, 0.2) is 0 Å². The van der Waals surface area contributed by atoms with E-state index in [4.69, 9.17) is 0 Å². The van der Waals surface area contributed by atoms with Crippen molar-refractivity contribution < 1.29 is 8.78 Å². The monoisotopic (exact) mass is 178 g/mol. The lowest BCUT2D eigenvalue weighted by Gasteiger charge is -2.30. The van der Waals surface area contributed by atoms with Crippen molar-refractivity contribution in [1.82, 2.24) is 10.2 Å². The lowest BCUT2D eigenvalue weighted by Crippen LogP contribution is -2.46. The zero-order chi connectivity index (χ0) is 9.14. The zero-order valence-corrected chi connectivity index (χ0v) is 7.56. The van der Waals surface area contributed by atoms with Crippen molar-refractivity contribution in [3.63, 3.8) is 0 Å². The largest absolute Gasteiger partial charge is 0.309 e. The second kappa shape index (κ2) is 4.14. The average molecular weight is 178 g/mol. The Bertz CT molecular complexity index is 139. The summed E-state index contributed by atoms with van der Waals surface area (Å²) in [6.07, 6.45) is -1.64. The third-order valence-corrected chi connectivity index (χ3v) is 2.16. The van der Waals surface area contributed by atoms with Crippen LogP contribution in [0.5, 0.6) is 0 Å². The number of hydrogen-bond donors (Lipinski definition) is 1. The van der Waals surface area contributed by atoms with Gasteiger partial charge in [0.2, 0.25) is 0 Å². The molecule has 0 spiro atoms. The number of halogens is 2. The van der Waals surface area contributed by atoms with Crippen molar-refractivity contribution in [2.24, 2.45) is 5.92 Å². The van der Waals surface area contributed by atoms with Gasteiger partial charge < -0.3 is 4.90 Å². The SMILES string of the molecule is CN(C)CC1CC(F)NCC1F. The molecule has 0 aromatic rings. The van der Waals surface area contributed by atoms with E-state index in [0.29, 0.717) is 13.0 Å². The van der Waals surface area contributed by atoms with E-state index in [-0.39, 0.29) is 12.5 Å². The molecule has 1 saturated heterocycles. The maximum atomic E-state index is 13.1. The van der Waals surface area contributed by atoms with Crippen LogP contribution in [0.2, 0.25) is 0 Å².